The molecule has 6 heteroatoms. The molecule has 0 radical (unpaired) electrons. The molecular weight excluding hydrogens is 322 g/mol. The third-order valence-corrected chi connectivity index (χ3v) is 4.55. The Morgan fingerprint density at radius 1 is 1.04 bits per heavy atom. The van der Waals surface area contributed by atoms with Crippen LogP contribution in [0.5, 0.6) is 5.95 Å². The van der Waals surface area contributed by atoms with Gasteiger partial charge in [0.25, 0.3) is 5.69 Å². The lowest BCUT2D eigenvalue weighted by Gasteiger charge is -1.96. The van der Waals surface area contributed by atoms with Crippen LogP contribution in [-0.4, -0.2) is 10.3 Å². The number of rotatable bonds is 3. The molecule has 0 aliphatic heterocycles. The Labute approximate surface area is 142 Å². The molecule has 4 rings (SSSR count). The average molecular weight is 335 g/mol. The Hall–Kier alpha value is -2.99. The monoisotopic (exact) mass is 335 g/mol. The number of benzene rings is 2. The van der Waals surface area contributed by atoms with E-state index in [1.165, 1.54) is 16.0 Å². The van der Waals surface area contributed by atoms with Crippen LogP contribution in [0.25, 0.3) is 27.6 Å². The van der Waals surface area contributed by atoms with E-state index in [4.69, 9.17) is 4.52 Å². The summed E-state index contributed by atoms with van der Waals surface area (Å²) in [6, 6.07) is 17.6. The molecule has 0 fully saturated rings. The molecule has 0 spiro atoms. The summed E-state index contributed by atoms with van der Waals surface area (Å²) >= 11 is 1.48. The van der Waals surface area contributed by atoms with Gasteiger partial charge in [-0.15, -0.1) is 11.3 Å². The van der Waals surface area contributed by atoms with E-state index in [1.807, 2.05) is 66.9 Å². The average Bonchev–Trinajstić information content (AvgIpc) is 3.23. The lowest BCUT2D eigenvalue weighted by molar-refractivity contribution is -0.660. The van der Waals surface area contributed by atoms with Crippen LogP contribution in [0, 0.1) is 6.92 Å². The van der Waals surface area contributed by atoms with Crippen LogP contribution >= 0.6 is 11.3 Å². The van der Waals surface area contributed by atoms with Gasteiger partial charge in [0.1, 0.15) is 5.01 Å². The largest absolute Gasteiger partial charge is 0.539 e. The maximum Gasteiger partial charge on any atom is 0.289 e. The molecule has 0 amide bonds. The lowest BCUT2D eigenvalue weighted by atomic mass is 10.2. The summed E-state index contributed by atoms with van der Waals surface area (Å²) in [6.45, 7) is 2.00. The molecular formula is C18H13N3O2S. The lowest BCUT2D eigenvalue weighted by Crippen LogP contribution is -2.34. The number of aromatic nitrogens is 3. The molecule has 2 heterocycles. The number of aryl methyl sites for hydroxylation is 1. The quantitative estimate of drug-likeness (QED) is 0.540. The van der Waals surface area contributed by atoms with Gasteiger partial charge in [-0.05, 0) is 11.6 Å². The molecule has 0 bridgehead atoms. The first-order valence-corrected chi connectivity index (χ1v) is 8.28. The van der Waals surface area contributed by atoms with Crippen molar-refractivity contribution in [3.63, 3.8) is 0 Å². The molecule has 0 unspecified atom stereocenters. The third-order valence-electron chi connectivity index (χ3n) is 3.66. The Kier molecular flexibility index (Phi) is 3.59. The number of hydrogen-bond donors (Lipinski definition) is 0. The SMILES string of the molecule is Cc1ccc(-[n+]2noc([O-])c2-c2csc(-c3ccccc3)n2)cc1. The van der Waals surface area contributed by atoms with Crippen LogP contribution < -0.4 is 9.79 Å². The molecule has 118 valence electrons. The molecule has 0 aliphatic rings. The minimum absolute atomic E-state index is 0.331. The minimum atomic E-state index is -0.500. The fraction of sp³-hybridized carbons (Fsp3) is 0.0556. The van der Waals surface area contributed by atoms with E-state index in [0.717, 1.165) is 21.8 Å². The summed E-state index contributed by atoms with van der Waals surface area (Å²) < 4.78 is 6.36. The summed E-state index contributed by atoms with van der Waals surface area (Å²) in [7, 11) is 0. The Morgan fingerprint density at radius 3 is 2.54 bits per heavy atom. The molecule has 0 saturated heterocycles. The predicted octanol–water partition coefficient (Wildman–Crippen LogP) is 3.12. The van der Waals surface area contributed by atoms with Gasteiger partial charge in [0, 0.05) is 23.1 Å². The zero-order chi connectivity index (χ0) is 16.5. The van der Waals surface area contributed by atoms with Gasteiger partial charge in [-0.1, -0.05) is 48.0 Å². The van der Waals surface area contributed by atoms with Crippen molar-refractivity contribution < 1.29 is 14.3 Å². The first kappa shape index (κ1) is 14.6. The van der Waals surface area contributed by atoms with Crippen LogP contribution in [0.15, 0.2) is 64.5 Å². The normalized spacial score (nSPS) is 10.9. The van der Waals surface area contributed by atoms with E-state index in [2.05, 4.69) is 10.3 Å². The van der Waals surface area contributed by atoms with E-state index in [9.17, 15) is 5.11 Å². The number of thiazole rings is 1. The van der Waals surface area contributed by atoms with Gasteiger partial charge in [-0.3, -0.25) is 0 Å². The highest BCUT2D eigenvalue weighted by Gasteiger charge is 2.24. The third kappa shape index (κ3) is 2.57. The fourth-order valence-corrected chi connectivity index (χ4v) is 3.23. The Morgan fingerprint density at radius 2 is 1.79 bits per heavy atom. The van der Waals surface area contributed by atoms with Gasteiger partial charge in [0.05, 0.1) is 5.27 Å². The molecule has 0 saturated carbocycles. The van der Waals surface area contributed by atoms with E-state index in [1.54, 1.807) is 0 Å². The highest BCUT2D eigenvalue weighted by atomic mass is 32.1. The molecule has 4 aromatic rings. The van der Waals surface area contributed by atoms with Crippen molar-refractivity contribution in [1.29, 1.82) is 0 Å². The molecule has 0 N–H and O–H groups in total. The van der Waals surface area contributed by atoms with Gasteiger partial charge in [-0.2, -0.15) is 0 Å². The Bertz CT molecular complexity index is 975. The van der Waals surface area contributed by atoms with Crippen molar-refractivity contribution in [1.82, 2.24) is 10.3 Å². The second-order valence-corrected chi connectivity index (χ2v) is 6.22. The van der Waals surface area contributed by atoms with Crippen molar-refractivity contribution >= 4 is 11.3 Å². The van der Waals surface area contributed by atoms with Crippen LogP contribution in [-0.2, 0) is 0 Å². The first-order chi connectivity index (χ1) is 11.7. The highest BCUT2D eigenvalue weighted by Crippen LogP contribution is 2.30. The van der Waals surface area contributed by atoms with Gasteiger partial charge in [0.15, 0.2) is 11.6 Å². The maximum atomic E-state index is 12.1. The van der Waals surface area contributed by atoms with Crippen molar-refractivity contribution in [3.05, 3.63) is 65.5 Å². The van der Waals surface area contributed by atoms with Gasteiger partial charge >= 0.3 is 0 Å². The van der Waals surface area contributed by atoms with Crippen LogP contribution in [0.3, 0.4) is 0 Å². The summed E-state index contributed by atoms with van der Waals surface area (Å²) in [5.74, 6) is -0.500. The standard InChI is InChI=1S/C18H13N3O2S/c1-12-7-9-14(10-8-12)21-16(18(22)23-20-21)15-11-24-17(19-15)13-5-3-2-4-6-13/h2-11H,1H3. The maximum absolute atomic E-state index is 12.1. The summed E-state index contributed by atoms with van der Waals surface area (Å²) in [5, 5.41) is 18.7. The summed E-state index contributed by atoms with van der Waals surface area (Å²) in [6.07, 6.45) is 0. The van der Waals surface area contributed by atoms with Gasteiger partial charge in [-0.25, -0.2) is 4.98 Å². The molecule has 0 aliphatic carbocycles. The van der Waals surface area contributed by atoms with E-state index in [-0.39, 0.29) is 0 Å². The zero-order valence-electron chi connectivity index (χ0n) is 12.8. The smallest absolute Gasteiger partial charge is 0.289 e. The zero-order valence-corrected chi connectivity index (χ0v) is 13.7. The fourth-order valence-electron chi connectivity index (χ4n) is 2.42. The van der Waals surface area contributed by atoms with Gasteiger partial charge < -0.3 is 9.63 Å². The van der Waals surface area contributed by atoms with Crippen LogP contribution in [0.1, 0.15) is 5.56 Å². The van der Waals surface area contributed by atoms with Crippen molar-refractivity contribution in [2.75, 3.05) is 0 Å². The first-order valence-electron chi connectivity index (χ1n) is 7.40. The molecule has 24 heavy (non-hydrogen) atoms. The highest BCUT2D eigenvalue weighted by molar-refractivity contribution is 7.13. The molecule has 2 aromatic heterocycles. The van der Waals surface area contributed by atoms with Crippen molar-refractivity contribution in [2.45, 2.75) is 6.92 Å². The summed E-state index contributed by atoms with van der Waals surface area (Å²) in [4.78, 5) is 4.59. The van der Waals surface area contributed by atoms with Crippen molar-refractivity contribution in [3.8, 4) is 33.6 Å². The van der Waals surface area contributed by atoms with E-state index >= 15 is 0 Å². The van der Waals surface area contributed by atoms with E-state index < -0.39 is 5.95 Å². The second-order valence-electron chi connectivity index (χ2n) is 5.36. The summed E-state index contributed by atoms with van der Waals surface area (Å²) in [5.41, 5.74) is 3.80. The molecule has 0 atom stereocenters. The van der Waals surface area contributed by atoms with E-state index in [0.29, 0.717) is 11.4 Å². The predicted molar refractivity (Wildman–Crippen MR) is 88.8 cm³/mol. The van der Waals surface area contributed by atoms with Gasteiger partial charge in [0.2, 0.25) is 5.69 Å². The number of nitrogens with zero attached hydrogens (tertiary/aromatic N) is 3. The molecule has 5 nitrogen and oxygen atoms in total. The van der Waals surface area contributed by atoms with Crippen LogP contribution in [0.4, 0.5) is 0 Å². The Balaban J connectivity index is 1.79. The number of hydrogen-bond acceptors (Lipinski definition) is 5. The van der Waals surface area contributed by atoms with Crippen LogP contribution in [0.2, 0.25) is 0 Å². The molecule has 2 aromatic carbocycles. The second kappa shape index (κ2) is 5.90. The van der Waals surface area contributed by atoms with Crippen molar-refractivity contribution in [2.24, 2.45) is 0 Å². The topological polar surface area (TPSA) is 65.9 Å². The minimum Gasteiger partial charge on any atom is -0.539 e.